The third-order valence-corrected chi connectivity index (χ3v) is 11.1. The topological polar surface area (TPSA) is 3.24 Å². The second-order valence-corrected chi connectivity index (χ2v) is 18.7. The van der Waals surface area contributed by atoms with E-state index >= 15 is 0 Å². The van der Waals surface area contributed by atoms with Crippen molar-refractivity contribution in [3.8, 4) is 0 Å². The van der Waals surface area contributed by atoms with Crippen LogP contribution in [0.3, 0.4) is 0 Å². The summed E-state index contributed by atoms with van der Waals surface area (Å²) in [6, 6.07) is 12.2. The maximum Gasteiger partial charge on any atom is 0.241 e. The fraction of sp³-hybridized carbons (Fsp3) is 0.469. The lowest BCUT2D eigenvalue weighted by atomic mass is 9.33. The average molecular weight is 682 g/mol. The van der Waals surface area contributed by atoms with Gasteiger partial charge in [0.25, 0.3) is 0 Å². The molecule has 0 aromatic heterocycles. The first-order valence-electron chi connectivity index (χ1n) is 19.4. The smallest absolute Gasteiger partial charge is 0.241 e. The van der Waals surface area contributed by atoms with Crippen LogP contribution in [0.25, 0.3) is 0 Å². The third kappa shape index (κ3) is 8.93. The van der Waals surface area contributed by atoms with Gasteiger partial charge >= 0.3 is 0 Å². The van der Waals surface area contributed by atoms with Crippen molar-refractivity contribution in [3.05, 3.63) is 135 Å². The minimum atomic E-state index is 0.0158. The summed E-state index contributed by atoms with van der Waals surface area (Å²) in [4.78, 5) is 2.52. The van der Waals surface area contributed by atoms with E-state index < -0.39 is 0 Å². The molecule has 0 bridgehead atoms. The Kier molecular flexibility index (Phi) is 12.0. The molecule has 0 unspecified atom stereocenters. The van der Waals surface area contributed by atoms with Crippen molar-refractivity contribution in [2.24, 2.45) is 10.8 Å². The predicted molar refractivity (Wildman–Crippen MR) is 230 cm³/mol. The van der Waals surface area contributed by atoms with Gasteiger partial charge in [0.15, 0.2) is 0 Å². The van der Waals surface area contributed by atoms with Gasteiger partial charge in [-0.2, -0.15) is 0 Å². The summed E-state index contributed by atoms with van der Waals surface area (Å²) in [5.74, 6) is 0.326. The average Bonchev–Trinajstić information content (AvgIpc) is 3.00. The molecule has 1 aliphatic heterocycles. The van der Waals surface area contributed by atoms with E-state index in [4.69, 9.17) is 6.58 Å². The molecular weight excluding hydrogens is 613 g/mol. The molecule has 0 N–H and O–H groups in total. The second-order valence-electron chi connectivity index (χ2n) is 18.7. The minimum absolute atomic E-state index is 0.0158. The minimum Gasteiger partial charge on any atom is -0.317 e. The van der Waals surface area contributed by atoms with Crippen LogP contribution >= 0.6 is 0 Å². The molecule has 2 aromatic rings. The molecule has 0 atom stereocenters. The highest BCUT2D eigenvalue weighted by molar-refractivity contribution is 6.92. The summed E-state index contributed by atoms with van der Waals surface area (Å²) in [6.45, 7) is 41.9. The van der Waals surface area contributed by atoms with Gasteiger partial charge in [0, 0.05) is 17.6 Å². The van der Waals surface area contributed by atoms with E-state index in [1.165, 1.54) is 77.9 Å². The van der Waals surface area contributed by atoms with E-state index in [-0.39, 0.29) is 23.0 Å². The summed E-state index contributed by atoms with van der Waals surface area (Å²) < 4.78 is 0. The van der Waals surface area contributed by atoms with Crippen LogP contribution in [0.5, 0.6) is 0 Å². The number of fused-ring (bicyclic) bond motifs is 1. The van der Waals surface area contributed by atoms with Crippen molar-refractivity contribution < 1.29 is 0 Å². The molecule has 1 aliphatic carbocycles. The molecule has 0 saturated carbocycles. The zero-order valence-electron chi connectivity index (χ0n) is 35.3. The van der Waals surface area contributed by atoms with Crippen molar-refractivity contribution in [2.75, 3.05) is 4.90 Å². The summed E-state index contributed by atoms with van der Waals surface area (Å²) >= 11 is 0. The Hall–Kier alpha value is -3.52. The zero-order chi connectivity index (χ0) is 38.2. The third-order valence-electron chi connectivity index (χ3n) is 11.1. The Morgan fingerprint density at radius 1 is 0.882 bits per heavy atom. The molecule has 2 aliphatic rings. The molecule has 0 radical (unpaired) electrons. The fourth-order valence-corrected chi connectivity index (χ4v) is 7.78. The Balaban J connectivity index is 2.12. The fourth-order valence-electron chi connectivity index (χ4n) is 7.78. The number of anilines is 1. The molecular formula is C49H68BN. The maximum atomic E-state index is 4.96. The van der Waals surface area contributed by atoms with Gasteiger partial charge in [-0.3, -0.25) is 0 Å². The molecule has 0 saturated heterocycles. The van der Waals surface area contributed by atoms with Gasteiger partial charge in [-0.1, -0.05) is 152 Å². The van der Waals surface area contributed by atoms with Crippen molar-refractivity contribution in [1.82, 2.24) is 0 Å². The highest BCUT2D eigenvalue weighted by Gasteiger charge is 2.32. The van der Waals surface area contributed by atoms with Gasteiger partial charge in [0.1, 0.15) is 0 Å². The molecule has 1 heterocycles. The molecule has 0 fully saturated rings. The van der Waals surface area contributed by atoms with Crippen LogP contribution < -0.4 is 15.8 Å². The van der Waals surface area contributed by atoms with Gasteiger partial charge in [0.05, 0.1) is 0 Å². The van der Waals surface area contributed by atoms with Crippen LogP contribution in [-0.4, -0.2) is 6.71 Å². The normalized spacial score (nSPS) is 18.2. The van der Waals surface area contributed by atoms with Crippen LogP contribution in [0.4, 0.5) is 5.69 Å². The Morgan fingerprint density at radius 3 is 2.10 bits per heavy atom. The number of allylic oxidation sites excluding steroid dienone is 11. The number of nitrogens with zero attached hydrogens (tertiary/aromatic N) is 1. The monoisotopic (exact) mass is 682 g/mol. The van der Waals surface area contributed by atoms with E-state index in [9.17, 15) is 0 Å². The Labute approximate surface area is 314 Å². The number of hydrogen-bond acceptors (Lipinski definition) is 1. The van der Waals surface area contributed by atoms with Crippen LogP contribution in [0.2, 0.25) is 0 Å². The molecule has 2 heteroatoms. The molecule has 0 amide bonds. The van der Waals surface area contributed by atoms with Gasteiger partial charge in [-0.15, -0.1) is 6.58 Å². The summed E-state index contributed by atoms with van der Waals surface area (Å²) in [6.07, 6.45) is 17.4. The lowest BCUT2D eigenvalue weighted by Crippen LogP contribution is -2.48. The summed E-state index contributed by atoms with van der Waals surface area (Å²) in [5, 5.41) is 0. The van der Waals surface area contributed by atoms with E-state index in [2.05, 4.69) is 183 Å². The number of hydrogen-bond donors (Lipinski definition) is 0. The van der Waals surface area contributed by atoms with Gasteiger partial charge < -0.3 is 4.90 Å². The lowest BCUT2D eigenvalue weighted by molar-refractivity contribution is 0.514. The van der Waals surface area contributed by atoms with Gasteiger partial charge in [0.2, 0.25) is 6.71 Å². The predicted octanol–water partition coefficient (Wildman–Crippen LogP) is 12.9. The van der Waals surface area contributed by atoms with Crippen molar-refractivity contribution in [3.63, 3.8) is 0 Å². The van der Waals surface area contributed by atoms with E-state index in [0.717, 1.165) is 19.3 Å². The second kappa shape index (κ2) is 15.2. The first-order chi connectivity index (χ1) is 23.6. The van der Waals surface area contributed by atoms with Crippen molar-refractivity contribution in [1.29, 1.82) is 0 Å². The standard InChI is InChI=1S/C49H68BN/c1-18-39(47(9,10)11)28-36(7)37(8)50(43-30-41(49(15,16)17)24-22-33(43)4)44-29-38-23-25-40(48(12,13)14)26-27-51(45(38)31-42(44)32(2)3)46-34(5)20-19-21-35(46)6/h18,20,22,24-32H,8,19,21,23H2,1-7,9-17H3/b27-26-,36-28-,39-18+,40-25+. The molecule has 51 heavy (non-hydrogen) atoms. The quantitative estimate of drug-likeness (QED) is 0.208. The van der Waals surface area contributed by atoms with E-state index in [1.54, 1.807) is 0 Å². The van der Waals surface area contributed by atoms with Crippen LogP contribution in [0, 0.1) is 17.8 Å². The van der Waals surface area contributed by atoms with E-state index in [0.29, 0.717) is 5.92 Å². The highest BCUT2D eigenvalue weighted by Crippen LogP contribution is 2.39. The largest absolute Gasteiger partial charge is 0.317 e. The lowest BCUT2D eigenvalue weighted by Gasteiger charge is -2.35. The number of aryl methyl sites for hydroxylation is 1. The number of benzene rings is 2. The van der Waals surface area contributed by atoms with Crippen molar-refractivity contribution >= 4 is 23.3 Å². The summed E-state index contributed by atoms with van der Waals surface area (Å²) in [5.41, 5.74) is 18.9. The van der Waals surface area contributed by atoms with Crippen LogP contribution in [0.1, 0.15) is 145 Å². The summed E-state index contributed by atoms with van der Waals surface area (Å²) in [7, 11) is 0. The Bertz CT molecular complexity index is 1840. The molecule has 2 aromatic carbocycles. The number of rotatable bonds is 7. The maximum absolute atomic E-state index is 4.96. The first kappa shape index (κ1) is 40.3. The molecule has 0 spiro atoms. The van der Waals surface area contributed by atoms with Crippen molar-refractivity contribution in [2.45, 2.75) is 141 Å². The van der Waals surface area contributed by atoms with Crippen LogP contribution in [-0.2, 0) is 11.8 Å². The van der Waals surface area contributed by atoms with Gasteiger partial charge in [-0.05, 0) is 127 Å². The van der Waals surface area contributed by atoms with Crippen LogP contribution in [0.15, 0.2) is 113 Å². The first-order valence-corrected chi connectivity index (χ1v) is 19.4. The SMILES string of the molecule is C=C(B(c1cc(C(C)(C)C)ccc1C)c1cc2c(cc1C(C)C)N(C1=C(C)CCC=C1C)/C=C\C(C(C)(C)C)=C/C2)/C(C)=C\C(=C/C)C(C)(C)C. The van der Waals surface area contributed by atoms with E-state index in [1.807, 2.05) is 0 Å². The molecule has 1 nitrogen and oxygen atoms in total. The zero-order valence-corrected chi connectivity index (χ0v) is 35.3. The Morgan fingerprint density at radius 2 is 1.55 bits per heavy atom. The highest BCUT2D eigenvalue weighted by atomic mass is 15.1. The molecule has 272 valence electrons. The van der Waals surface area contributed by atoms with Gasteiger partial charge in [-0.25, -0.2) is 0 Å². The molecule has 4 rings (SSSR count).